The molecule has 8 heteroatoms. The Hall–Kier alpha value is -3.62. The van der Waals surface area contributed by atoms with Crippen molar-refractivity contribution in [3.05, 3.63) is 93.1 Å². The van der Waals surface area contributed by atoms with Gasteiger partial charge in [-0.1, -0.05) is 105 Å². The van der Waals surface area contributed by atoms with Gasteiger partial charge >= 0.3 is 11.9 Å². The summed E-state index contributed by atoms with van der Waals surface area (Å²) in [5, 5.41) is 13.5. The second-order valence-corrected chi connectivity index (χ2v) is 25.4. The molecule has 360 valence electrons. The maximum Gasteiger partial charge on any atom is 0.339 e. The van der Waals surface area contributed by atoms with Gasteiger partial charge in [-0.05, 0) is 148 Å². The lowest BCUT2D eigenvalue weighted by molar-refractivity contribution is -0.283. The standard InChI is InChI=1S/C60H75N3O5/c61-25-9-16-37-14-8-18-46-51(37)56(65)68-60(46)49-29-38(36-12-5-2-6-13-36)19-21-44-43-17-7-15-39-28-40-20-22-47-41-26-35-31-62(33-41)42(27-34-10-3-1-4-11-34)30-48(64)55-58(60)24-23-45(53(44)59(49,58)57(66)67-55)52(50(39)43)54(40)63(47)32-35/h7-8,14,17-19,21,34-36,38-39,41-44,47,49-50,52,64H,1-6,9-13,15-16,20,22-33,61H2/b21-19-,55-48+/t35-,38-,39+,41+,42+,43+,44+,47+,49+,50+,52+,58-,59-,60-/m1/s1. The van der Waals surface area contributed by atoms with Crippen LogP contribution in [0.5, 0.6) is 0 Å². The molecule has 1 aromatic carbocycles. The van der Waals surface area contributed by atoms with Crippen LogP contribution in [0.15, 0.2) is 76.4 Å². The first-order valence-corrected chi connectivity index (χ1v) is 28.4. The largest absolute Gasteiger partial charge is 0.509 e. The molecule has 0 amide bonds. The number of carbonyl (C=O) groups excluding carboxylic acids is 2. The molecule has 8 nitrogen and oxygen atoms in total. The van der Waals surface area contributed by atoms with Crippen LogP contribution in [0.3, 0.4) is 0 Å². The topological polar surface area (TPSA) is 105 Å². The Balaban J connectivity index is 1.02. The highest BCUT2D eigenvalue weighted by molar-refractivity contribution is 6.00. The van der Waals surface area contributed by atoms with Crippen molar-refractivity contribution in [2.45, 2.75) is 159 Å². The minimum atomic E-state index is -1.14. The van der Waals surface area contributed by atoms with Gasteiger partial charge in [0.2, 0.25) is 0 Å². The van der Waals surface area contributed by atoms with Crippen molar-refractivity contribution in [1.82, 2.24) is 9.80 Å². The summed E-state index contributed by atoms with van der Waals surface area (Å²) >= 11 is 0. The van der Waals surface area contributed by atoms with Crippen molar-refractivity contribution >= 4 is 11.9 Å². The SMILES string of the molecule is NCCCc1cccc2c1C(=O)O[C@@]21[C@H]2C[C@H](C3CCCCC3)/C=C\[C@@H]3C4=C5CC[C@]16/C(=C(\O)C[C@H](CC1CCCCC1)N1C[C@H]7C[C@@H](C1)[C@@H]1CCC8=C([C@@H]5[C@H]5[C@@H](CC=C[C@H]53)C8)N1C7)OC(=O)[C@]426. The Morgan fingerprint density at radius 3 is 2.57 bits per heavy atom. The number of benzene rings is 1. The van der Waals surface area contributed by atoms with Crippen LogP contribution in [0.4, 0.5) is 0 Å². The predicted molar refractivity (Wildman–Crippen MR) is 260 cm³/mol. The summed E-state index contributed by atoms with van der Waals surface area (Å²) in [6, 6.07) is 7.14. The number of ether oxygens (including phenoxy) is 2. The number of aryl methyl sites for hydroxylation is 1. The van der Waals surface area contributed by atoms with Crippen LogP contribution >= 0.6 is 0 Å². The van der Waals surface area contributed by atoms with Crippen LogP contribution in [0.2, 0.25) is 0 Å². The number of carbonyl (C=O) groups is 2. The summed E-state index contributed by atoms with van der Waals surface area (Å²) in [5.41, 5.74) is 11.8. The number of fused-ring (bicyclic) bond motifs is 4. The number of hydrogen-bond donors (Lipinski definition) is 2. The number of allylic oxidation sites excluding steroid dienone is 6. The number of piperidine rings is 2. The second-order valence-electron chi connectivity index (χ2n) is 25.4. The fourth-order valence-corrected chi connectivity index (χ4v) is 20.7. The zero-order valence-electron chi connectivity index (χ0n) is 40.5. The van der Waals surface area contributed by atoms with Gasteiger partial charge in [-0.3, -0.25) is 9.69 Å². The summed E-state index contributed by atoms with van der Waals surface area (Å²) in [6.07, 6.45) is 34.5. The zero-order valence-corrected chi connectivity index (χ0v) is 40.5. The molecule has 3 N–H and O–H groups in total. The highest BCUT2D eigenvalue weighted by Crippen LogP contribution is 2.88. The molecule has 1 unspecified atom stereocenters. The molecule has 17 aliphatic rings. The van der Waals surface area contributed by atoms with E-state index >= 15 is 9.59 Å². The van der Waals surface area contributed by atoms with Gasteiger partial charge in [0.25, 0.3) is 0 Å². The van der Waals surface area contributed by atoms with E-state index in [4.69, 9.17) is 15.2 Å². The lowest BCUT2D eigenvalue weighted by atomic mass is 9.27. The zero-order chi connectivity index (χ0) is 45.3. The Morgan fingerprint density at radius 1 is 0.868 bits per heavy atom. The van der Waals surface area contributed by atoms with Crippen LogP contribution in [0.25, 0.3) is 0 Å². The van der Waals surface area contributed by atoms with Crippen molar-refractivity contribution < 1.29 is 24.2 Å². The molecule has 3 spiro atoms. The van der Waals surface area contributed by atoms with E-state index in [0.717, 1.165) is 62.9 Å². The summed E-state index contributed by atoms with van der Waals surface area (Å²) in [4.78, 5) is 37.6. The summed E-state index contributed by atoms with van der Waals surface area (Å²) in [5.74, 6) is 4.38. The Kier molecular flexibility index (Phi) is 9.41. The van der Waals surface area contributed by atoms with Crippen molar-refractivity contribution in [3.63, 3.8) is 0 Å². The first-order chi connectivity index (χ1) is 33.4. The molecule has 9 heterocycles. The fourth-order valence-electron chi connectivity index (χ4n) is 20.7. The van der Waals surface area contributed by atoms with Crippen LogP contribution in [-0.2, 0) is 26.3 Å². The average molecular weight is 918 g/mol. The summed E-state index contributed by atoms with van der Waals surface area (Å²) < 4.78 is 14.6. The summed E-state index contributed by atoms with van der Waals surface area (Å²) in [7, 11) is 0. The highest BCUT2D eigenvalue weighted by atomic mass is 16.6. The van der Waals surface area contributed by atoms with Gasteiger partial charge in [-0.15, -0.1) is 0 Å². The van der Waals surface area contributed by atoms with Gasteiger partial charge in [0.05, 0.1) is 11.0 Å². The monoisotopic (exact) mass is 918 g/mol. The Morgan fingerprint density at radius 2 is 1.72 bits per heavy atom. The van der Waals surface area contributed by atoms with E-state index in [0.29, 0.717) is 78.7 Å². The van der Waals surface area contributed by atoms with Crippen LogP contribution in [-0.4, -0.2) is 65.1 Å². The lowest BCUT2D eigenvalue weighted by Crippen LogP contribution is -2.78. The molecule has 12 bridgehead atoms. The molecule has 6 fully saturated rings. The fraction of sp³-hybridized carbons (Fsp3) is 0.700. The number of esters is 2. The van der Waals surface area contributed by atoms with E-state index in [1.54, 1.807) is 16.8 Å². The molecule has 0 radical (unpaired) electrons. The smallest absolute Gasteiger partial charge is 0.339 e. The van der Waals surface area contributed by atoms with Crippen LogP contribution < -0.4 is 5.73 Å². The molecule has 15 atom stereocenters. The van der Waals surface area contributed by atoms with Gasteiger partial charge in [0.15, 0.2) is 11.4 Å². The van der Waals surface area contributed by atoms with E-state index in [-0.39, 0.29) is 53.3 Å². The number of nitrogens with two attached hydrogens (primary N) is 1. The minimum absolute atomic E-state index is 0.0574. The van der Waals surface area contributed by atoms with Gasteiger partial charge in [-0.25, -0.2) is 4.79 Å². The van der Waals surface area contributed by atoms with E-state index in [1.165, 1.54) is 95.5 Å². The van der Waals surface area contributed by atoms with Crippen LogP contribution in [0, 0.1) is 75.9 Å². The van der Waals surface area contributed by atoms with E-state index in [2.05, 4.69) is 52.3 Å². The maximum atomic E-state index is 16.5. The second kappa shape index (κ2) is 15.2. The van der Waals surface area contributed by atoms with E-state index in [1.807, 2.05) is 0 Å². The molecular formula is C60H75N3O5. The minimum Gasteiger partial charge on any atom is -0.509 e. The molecule has 8 aliphatic carbocycles. The molecule has 0 aromatic heterocycles. The normalized spacial score (nSPS) is 46.6. The van der Waals surface area contributed by atoms with Crippen molar-refractivity contribution in [3.8, 4) is 0 Å². The third-order valence-electron chi connectivity index (χ3n) is 22.8. The molecule has 18 rings (SSSR count). The molecule has 1 aromatic rings. The number of hydrogen-bond acceptors (Lipinski definition) is 8. The Labute approximate surface area is 404 Å². The van der Waals surface area contributed by atoms with Gasteiger partial charge in [0.1, 0.15) is 11.2 Å². The lowest BCUT2D eigenvalue weighted by Gasteiger charge is -2.73. The Bertz CT molecular complexity index is 2510. The quantitative estimate of drug-likeness (QED) is 0.215. The van der Waals surface area contributed by atoms with Crippen LogP contribution in [0.1, 0.15) is 156 Å². The van der Waals surface area contributed by atoms with Gasteiger partial charge < -0.3 is 25.2 Å². The molecule has 9 aliphatic heterocycles. The number of nitrogens with zero attached hydrogens (tertiary/aromatic N) is 2. The third-order valence-corrected chi connectivity index (χ3v) is 22.8. The summed E-state index contributed by atoms with van der Waals surface area (Å²) in [6.45, 7) is 3.85. The molecular weight excluding hydrogens is 843 g/mol. The molecule has 3 saturated carbocycles. The molecule has 3 saturated heterocycles. The maximum absolute atomic E-state index is 16.5. The first kappa shape index (κ1) is 42.1. The van der Waals surface area contributed by atoms with Gasteiger partial charge in [0, 0.05) is 67.2 Å². The van der Waals surface area contributed by atoms with E-state index in [9.17, 15) is 5.11 Å². The number of aliphatic hydroxyl groups excluding tert-OH is 1. The van der Waals surface area contributed by atoms with Crippen molar-refractivity contribution in [2.24, 2.45) is 81.7 Å². The highest BCUT2D eigenvalue weighted by Gasteiger charge is 2.94. The predicted octanol–water partition coefficient (Wildman–Crippen LogP) is 11.0. The van der Waals surface area contributed by atoms with E-state index < -0.39 is 16.4 Å². The third kappa shape index (κ3) is 5.26. The van der Waals surface area contributed by atoms with Crippen molar-refractivity contribution in [2.75, 3.05) is 26.2 Å². The average Bonchev–Trinajstić information content (AvgIpc) is 3.81. The first-order valence-electron chi connectivity index (χ1n) is 28.4. The molecule has 68 heavy (non-hydrogen) atoms. The van der Waals surface area contributed by atoms with Crippen molar-refractivity contribution in [1.29, 1.82) is 0 Å². The van der Waals surface area contributed by atoms with Gasteiger partial charge in [-0.2, -0.15) is 0 Å². The number of aliphatic hydroxyl groups is 1. The number of rotatable bonds is 6.